The van der Waals surface area contributed by atoms with Crippen LogP contribution in [0.15, 0.2) is 42.5 Å². The first-order chi connectivity index (χ1) is 11.6. The van der Waals surface area contributed by atoms with Crippen molar-refractivity contribution in [3.05, 3.63) is 63.6 Å². The number of carbonyl (C=O) groups excluding carboxylic acids is 1. The number of hydrogen-bond acceptors (Lipinski definition) is 3. The van der Waals surface area contributed by atoms with Gasteiger partial charge in [-0.15, -0.1) is 0 Å². The van der Waals surface area contributed by atoms with E-state index < -0.39 is 0 Å². The number of ether oxygens (including phenoxy) is 2. The quantitative estimate of drug-likeness (QED) is 0.728. The third-order valence-electron chi connectivity index (χ3n) is 4.41. The van der Waals surface area contributed by atoms with Crippen LogP contribution in [0.3, 0.4) is 0 Å². The first-order valence-corrected chi connectivity index (χ1v) is 8.56. The molecule has 126 valence electrons. The maximum atomic E-state index is 12.1. The van der Waals surface area contributed by atoms with E-state index in [1.54, 1.807) is 13.2 Å². The Balaban J connectivity index is 1.72. The number of rotatable bonds is 5. The van der Waals surface area contributed by atoms with Crippen molar-refractivity contribution in [2.24, 2.45) is 11.8 Å². The van der Waals surface area contributed by atoms with Gasteiger partial charge in [-0.05, 0) is 48.2 Å². The van der Waals surface area contributed by atoms with Gasteiger partial charge in [0.15, 0.2) is 0 Å². The summed E-state index contributed by atoms with van der Waals surface area (Å²) in [6.45, 7) is 0.455. The first-order valence-electron chi connectivity index (χ1n) is 7.80. The van der Waals surface area contributed by atoms with Crippen LogP contribution in [0.2, 0.25) is 10.0 Å². The maximum absolute atomic E-state index is 12.1. The summed E-state index contributed by atoms with van der Waals surface area (Å²) in [6, 6.07) is 13.4. The molecule has 0 bridgehead atoms. The lowest BCUT2D eigenvalue weighted by Gasteiger charge is -2.16. The minimum Gasteiger partial charge on any atom is -0.497 e. The van der Waals surface area contributed by atoms with Gasteiger partial charge in [-0.25, -0.2) is 0 Å². The predicted molar refractivity (Wildman–Crippen MR) is 94.8 cm³/mol. The van der Waals surface area contributed by atoms with Crippen LogP contribution < -0.4 is 4.74 Å². The summed E-state index contributed by atoms with van der Waals surface area (Å²) in [6.07, 6.45) is 1.40. The average molecular weight is 365 g/mol. The Labute approximate surface area is 151 Å². The van der Waals surface area contributed by atoms with Gasteiger partial charge in [0, 0.05) is 5.92 Å². The summed E-state index contributed by atoms with van der Waals surface area (Å²) in [5, 5.41) is 1.02. The van der Waals surface area contributed by atoms with Crippen molar-refractivity contribution in [1.29, 1.82) is 0 Å². The van der Waals surface area contributed by atoms with Crippen molar-refractivity contribution in [2.75, 3.05) is 13.7 Å². The van der Waals surface area contributed by atoms with Gasteiger partial charge in [0.25, 0.3) is 0 Å². The van der Waals surface area contributed by atoms with Gasteiger partial charge in [-0.3, -0.25) is 4.79 Å². The molecular weight excluding hydrogens is 347 g/mol. The minimum absolute atomic E-state index is 0.139. The predicted octanol–water partition coefficient (Wildman–Crippen LogP) is 4.58. The summed E-state index contributed by atoms with van der Waals surface area (Å²) >= 11 is 12.0. The van der Waals surface area contributed by atoms with Gasteiger partial charge < -0.3 is 9.47 Å². The van der Waals surface area contributed by atoms with Crippen LogP contribution in [-0.4, -0.2) is 19.7 Å². The van der Waals surface area contributed by atoms with E-state index in [0.29, 0.717) is 23.1 Å². The fourth-order valence-corrected chi connectivity index (χ4v) is 3.36. The van der Waals surface area contributed by atoms with Crippen molar-refractivity contribution in [2.45, 2.75) is 12.8 Å². The van der Waals surface area contributed by atoms with E-state index in [9.17, 15) is 4.79 Å². The number of hydrogen-bond donors (Lipinski definition) is 0. The van der Waals surface area contributed by atoms with Crippen LogP contribution in [0.25, 0.3) is 0 Å². The molecule has 0 radical (unpaired) electrons. The molecule has 2 aromatic rings. The number of cyclic esters (lactones) is 1. The summed E-state index contributed by atoms with van der Waals surface area (Å²) in [4.78, 5) is 12.1. The number of carbonyl (C=O) groups is 1. The molecule has 2 aromatic carbocycles. The second-order valence-corrected chi connectivity index (χ2v) is 6.82. The normalized spacial score (nSPS) is 20.0. The molecule has 2 atom stereocenters. The summed E-state index contributed by atoms with van der Waals surface area (Å²) in [7, 11) is 1.64. The zero-order chi connectivity index (χ0) is 17.1. The zero-order valence-electron chi connectivity index (χ0n) is 13.3. The Morgan fingerprint density at radius 2 is 1.75 bits per heavy atom. The monoisotopic (exact) mass is 364 g/mol. The number of esters is 1. The van der Waals surface area contributed by atoms with E-state index in [0.717, 1.165) is 17.7 Å². The fraction of sp³-hybridized carbons (Fsp3) is 0.316. The van der Waals surface area contributed by atoms with Crippen LogP contribution >= 0.6 is 23.2 Å². The van der Waals surface area contributed by atoms with E-state index in [4.69, 9.17) is 32.7 Å². The van der Waals surface area contributed by atoms with E-state index >= 15 is 0 Å². The second kappa shape index (κ2) is 7.45. The smallest absolute Gasteiger partial charge is 0.309 e. The van der Waals surface area contributed by atoms with Gasteiger partial charge in [0.1, 0.15) is 5.75 Å². The third-order valence-corrected chi connectivity index (χ3v) is 5.15. The number of benzene rings is 2. The van der Waals surface area contributed by atoms with E-state index in [2.05, 4.69) is 0 Å². The van der Waals surface area contributed by atoms with Crippen LogP contribution in [0.4, 0.5) is 0 Å². The maximum Gasteiger partial charge on any atom is 0.309 e. The largest absolute Gasteiger partial charge is 0.497 e. The average Bonchev–Trinajstić information content (AvgIpc) is 2.92. The molecule has 0 amide bonds. The summed E-state index contributed by atoms with van der Waals surface area (Å²) in [5.74, 6) is 0.675. The Morgan fingerprint density at radius 3 is 2.42 bits per heavy atom. The molecule has 5 heteroatoms. The molecule has 3 rings (SSSR count). The Bertz CT molecular complexity index is 728. The summed E-state index contributed by atoms with van der Waals surface area (Å²) in [5.41, 5.74) is 2.16. The minimum atomic E-state index is -0.163. The highest BCUT2D eigenvalue weighted by atomic mass is 35.5. The Kier molecular flexibility index (Phi) is 5.32. The lowest BCUT2D eigenvalue weighted by Crippen LogP contribution is -2.20. The van der Waals surface area contributed by atoms with Crippen molar-refractivity contribution in [1.82, 2.24) is 0 Å². The lowest BCUT2D eigenvalue weighted by molar-refractivity contribution is -0.141. The van der Waals surface area contributed by atoms with Crippen LogP contribution in [-0.2, 0) is 22.4 Å². The fourth-order valence-electron chi connectivity index (χ4n) is 3.04. The van der Waals surface area contributed by atoms with Crippen LogP contribution in [0.1, 0.15) is 11.1 Å². The molecule has 24 heavy (non-hydrogen) atoms. The van der Waals surface area contributed by atoms with Crippen LogP contribution in [0.5, 0.6) is 5.75 Å². The Morgan fingerprint density at radius 1 is 1.04 bits per heavy atom. The Hall–Kier alpha value is -1.71. The van der Waals surface area contributed by atoms with Crippen molar-refractivity contribution >= 4 is 29.2 Å². The van der Waals surface area contributed by atoms with Crippen molar-refractivity contribution < 1.29 is 14.3 Å². The van der Waals surface area contributed by atoms with Crippen LogP contribution in [0, 0.1) is 11.8 Å². The van der Waals surface area contributed by atoms with Gasteiger partial charge in [-0.2, -0.15) is 0 Å². The van der Waals surface area contributed by atoms with E-state index in [1.165, 1.54) is 5.56 Å². The topological polar surface area (TPSA) is 35.5 Å². The molecule has 0 saturated carbocycles. The molecule has 0 aliphatic carbocycles. The number of methoxy groups -OCH3 is 1. The number of halogens is 2. The van der Waals surface area contributed by atoms with E-state index in [-0.39, 0.29) is 17.8 Å². The van der Waals surface area contributed by atoms with Crippen molar-refractivity contribution in [3.8, 4) is 5.75 Å². The third kappa shape index (κ3) is 3.85. The summed E-state index contributed by atoms with van der Waals surface area (Å²) < 4.78 is 10.5. The second-order valence-electron chi connectivity index (χ2n) is 6.00. The molecular formula is C19H18Cl2O3. The van der Waals surface area contributed by atoms with Crippen molar-refractivity contribution in [3.63, 3.8) is 0 Å². The molecule has 1 fully saturated rings. The molecule has 1 aliphatic heterocycles. The highest BCUT2D eigenvalue weighted by Crippen LogP contribution is 2.31. The molecule has 0 aromatic heterocycles. The highest BCUT2D eigenvalue weighted by Gasteiger charge is 2.36. The zero-order valence-corrected chi connectivity index (χ0v) is 14.8. The highest BCUT2D eigenvalue weighted by molar-refractivity contribution is 6.42. The van der Waals surface area contributed by atoms with E-state index in [1.807, 2.05) is 36.4 Å². The molecule has 1 heterocycles. The molecule has 1 saturated heterocycles. The molecule has 0 unspecified atom stereocenters. The standard InChI is InChI=1S/C19H18Cl2O3/c1-23-15-5-2-12(3-6-15)8-14-11-24-19(22)16(14)9-13-4-7-17(20)18(21)10-13/h2-7,10,14,16H,8-9,11H2,1H3/t14-,16+/m0/s1. The molecule has 0 spiro atoms. The van der Waals surface area contributed by atoms with Gasteiger partial charge >= 0.3 is 5.97 Å². The molecule has 3 nitrogen and oxygen atoms in total. The van der Waals surface area contributed by atoms with Gasteiger partial charge in [-0.1, -0.05) is 41.4 Å². The first kappa shape index (κ1) is 17.1. The van der Waals surface area contributed by atoms with Gasteiger partial charge in [0.05, 0.1) is 29.7 Å². The molecule has 1 aliphatic rings. The lowest BCUT2D eigenvalue weighted by atomic mass is 9.85. The molecule has 0 N–H and O–H groups in total. The van der Waals surface area contributed by atoms with Gasteiger partial charge in [0.2, 0.25) is 0 Å². The SMILES string of the molecule is COc1ccc(C[C@H]2COC(=O)[C@@H]2Cc2ccc(Cl)c(Cl)c2)cc1.